The van der Waals surface area contributed by atoms with Crippen LogP contribution >= 0.6 is 0 Å². The average Bonchev–Trinajstić information content (AvgIpc) is 2.79. The van der Waals surface area contributed by atoms with E-state index in [1.54, 1.807) is 36.4 Å². The molecule has 0 aliphatic rings. The smallest absolute Gasteiger partial charge is 0.123 e. The molecule has 2 aromatic rings. The minimum absolute atomic E-state index is 0.275. The lowest BCUT2D eigenvalue weighted by Gasteiger charge is -2.13. The summed E-state index contributed by atoms with van der Waals surface area (Å²) in [6.45, 7) is 13.8. The summed E-state index contributed by atoms with van der Waals surface area (Å²) >= 11 is 0. The van der Waals surface area contributed by atoms with Gasteiger partial charge in [0.05, 0.1) is 5.71 Å². The standard InChI is InChI=1S/C19H19FN2.C8H18N2/c1-3-14-8-12-18(22)19(16(14)4-2)17(21)11-7-13-5-9-15(20)10-6-13;1-4-5-6-10-8(2)7-9-3/h3,5-12,21H,1,4,22H2,2H3;9-10H,2,4-7H2,1,3H3/b11-7+,21-17?;. The van der Waals surface area contributed by atoms with Crippen LogP contribution in [0.3, 0.4) is 0 Å². The van der Waals surface area contributed by atoms with Crippen LogP contribution in [0.2, 0.25) is 0 Å². The molecule has 32 heavy (non-hydrogen) atoms. The van der Waals surface area contributed by atoms with E-state index in [0.29, 0.717) is 11.4 Å². The highest BCUT2D eigenvalue weighted by atomic mass is 19.1. The zero-order valence-corrected chi connectivity index (χ0v) is 19.6. The van der Waals surface area contributed by atoms with Crippen LogP contribution in [-0.2, 0) is 6.42 Å². The van der Waals surface area contributed by atoms with E-state index in [-0.39, 0.29) is 5.82 Å². The van der Waals surface area contributed by atoms with E-state index in [9.17, 15) is 4.39 Å². The van der Waals surface area contributed by atoms with Gasteiger partial charge < -0.3 is 21.8 Å². The van der Waals surface area contributed by atoms with E-state index >= 15 is 0 Å². The number of nitrogen functional groups attached to an aromatic ring is 1. The first-order valence-electron chi connectivity index (χ1n) is 11.0. The molecule has 0 spiro atoms. The number of unbranched alkanes of at least 4 members (excludes halogenated alkanes) is 1. The third kappa shape index (κ3) is 8.90. The SMILES string of the molecule is C=C(CNC)NCCCC.C=Cc1ccc(N)c(C(=N)/C=C/c2ccc(F)cc2)c1CC. The Hall–Kier alpha value is -3.18. The summed E-state index contributed by atoms with van der Waals surface area (Å²) in [6.07, 6.45) is 8.47. The van der Waals surface area contributed by atoms with Crippen LogP contribution in [0.1, 0.15) is 48.9 Å². The van der Waals surface area contributed by atoms with Gasteiger partial charge in [-0.2, -0.15) is 0 Å². The van der Waals surface area contributed by atoms with Gasteiger partial charge in [0.15, 0.2) is 0 Å². The molecule has 0 aliphatic carbocycles. The molecule has 0 saturated heterocycles. The van der Waals surface area contributed by atoms with Crippen LogP contribution < -0.4 is 16.4 Å². The van der Waals surface area contributed by atoms with Crippen molar-refractivity contribution in [2.24, 2.45) is 0 Å². The highest BCUT2D eigenvalue weighted by molar-refractivity contribution is 6.13. The van der Waals surface area contributed by atoms with Crippen LogP contribution in [0.5, 0.6) is 0 Å². The number of hydrogen-bond acceptors (Lipinski definition) is 4. The Bertz CT molecular complexity index is 914. The van der Waals surface area contributed by atoms with Gasteiger partial charge in [-0.3, -0.25) is 0 Å². The molecule has 0 bridgehead atoms. The second-order valence-electron chi connectivity index (χ2n) is 7.37. The van der Waals surface area contributed by atoms with Crippen molar-refractivity contribution < 1.29 is 4.39 Å². The molecule has 0 aliphatic heterocycles. The van der Waals surface area contributed by atoms with Crippen molar-refractivity contribution in [3.8, 4) is 0 Å². The number of rotatable bonds is 11. The Morgan fingerprint density at radius 1 is 1.16 bits per heavy atom. The topological polar surface area (TPSA) is 73.9 Å². The van der Waals surface area contributed by atoms with Crippen molar-refractivity contribution in [3.63, 3.8) is 0 Å². The second kappa shape index (κ2) is 14.8. The third-order valence-corrected chi connectivity index (χ3v) is 4.83. The van der Waals surface area contributed by atoms with Crippen molar-refractivity contribution in [2.45, 2.75) is 33.1 Å². The van der Waals surface area contributed by atoms with Gasteiger partial charge in [-0.25, -0.2) is 4.39 Å². The van der Waals surface area contributed by atoms with Crippen LogP contribution in [0, 0.1) is 11.2 Å². The number of hydrogen-bond donors (Lipinski definition) is 4. The van der Waals surface area contributed by atoms with Gasteiger partial charge in [-0.05, 0) is 60.9 Å². The number of benzene rings is 2. The first-order chi connectivity index (χ1) is 15.4. The van der Waals surface area contributed by atoms with Crippen molar-refractivity contribution in [1.82, 2.24) is 10.6 Å². The molecule has 5 heteroatoms. The molecule has 2 aromatic carbocycles. The molecule has 0 atom stereocenters. The first-order valence-corrected chi connectivity index (χ1v) is 11.0. The van der Waals surface area contributed by atoms with Gasteiger partial charge in [0.1, 0.15) is 5.82 Å². The summed E-state index contributed by atoms with van der Waals surface area (Å²) in [5.74, 6) is -0.275. The fraction of sp³-hybridized carbons (Fsp3) is 0.296. The third-order valence-electron chi connectivity index (χ3n) is 4.83. The Morgan fingerprint density at radius 3 is 2.41 bits per heavy atom. The van der Waals surface area contributed by atoms with E-state index in [0.717, 1.165) is 47.5 Å². The highest BCUT2D eigenvalue weighted by Crippen LogP contribution is 2.24. The van der Waals surface area contributed by atoms with Crippen LogP contribution in [0.25, 0.3) is 12.2 Å². The zero-order valence-electron chi connectivity index (χ0n) is 19.6. The normalized spacial score (nSPS) is 10.4. The lowest BCUT2D eigenvalue weighted by molar-refractivity contribution is 0.628. The van der Waals surface area contributed by atoms with Crippen molar-refractivity contribution in [1.29, 1.82) is 5.41 Å². The minimum atomic E-state index is -0.275. The largest absolute Gasteiger partial charge is 0.398 e. The van der Waals surface area contributed by atoms with Gasteiger partial charge in [0, 0.05) is 30.0 Å². The Balaban J connectivity index is 0.000000433. The predicted octanol–water partition coefficient (Wildman–Crippen LogP) is 5.80. The molecule has 0 unspecified atom stereocenters. The lowest BCUT2D eigenvalue weighted by atomic mass is 9.93. The van der Waals surface area contributed by atoms with Gasteiger partial charge in [-0.1, -0.05) is 63.8 Å². The Labute approximate surface area is 192 Å². The number of nitrogens with one attached hydrogen (secondary N) is 3. The lowest BCUT2D eigenvalue weighted by Crippen LogP contribution is -2.22. The molecule has 4 nitrogen and oxygen atoms in total. The van der Waals surface area contributed by atoms with Crippen LogP contribution in [-0.4, -0.2) is 25.8 Å². The molecule has 5 N–H and O–H groups in total. The summed E-state index contributed by atoms with van der Waals surface area (Å²) < 4.78 is 12.9. The monoisotopic (exact) mass is 436 g/mol. The zero-order chi connectivity index (χ0) is 23.9. The summed E-state index contributed by atoms with van der Waals surface area (Å²) in [6, 6.07) is 9.85. The minimum Gasteiger partial charge on any atom is -0.398 e. The maximum absolute atomic E-state index is 12.9. The van der Waals surface area contributed by atoms with Gasteiger partial charge in [0.25, 0.3) is 0 Å². The Kier molecular flexibility index (Phi) is 12.4. The summed E-state index contributed by atoms with van der Waals surface area (Å²) in [5, 5.41) is 14.6. The van der Waals surface area contributed by atoms with E-state index in [1.165, 1.54) is 25.0 Å². The first kappa shape index (κ1) is 26.9. The van der Waals surface area contributed by atoms with E-state index in [1.807, 2.05) is 20.0 Å². The van der Waals surface area contributed by atoms with E-state index in [2.05, 4.69) is 30.7 Å². The molecule has 0 fully saturated rings. The average molecular weight is 437 g/mol. The molecule has 2 rings (SSSR count). The molecular formula is C27H37FN4. The van der Waals surface area contributed by atoms with Gasteiger partial charge in [0.2, 0.25) is 0 Å². The molecule has 172 valence electrons. The predicted molar refractivity (Wildman–Crippen MR) is 139 cm³/mol. The summed E-state index contributed by atoms with van der Waals surface area (Å²) in [4.78, 5) is 0. The number of halogens is 1. The number of anilines is 1. The highest BCUT2D eigenvalue weighted by Gasteiger charge is 2.11. The molecule has 0 radical (unpaired) electrons. The molecule has 0 heterocycles. The van der Waals surface area contributed by atoms with Gasteiger partial charge in [-0.15, -0.1) is 0 Å². The summed E-state index contributed by atoms with van der Waals surface area (Å²) in [5.41, 5.74) is 11.6. The summed E-state index contributed by atoms with van der Waals surface area (Å²) in [7, 11) is 1.92. The number of nitrogens with two attached hydrogens (primary N) is 1. The van der Waals surface area contributed by atoms with E-state index < -0.39 is 0 Å². The second-order valence-corrected chi connectivity index (χ2v) is 7.37. The van der Waals surface area contributed by atoms with Crippen molar-refractivity contribution in [3.05, 3.63) is 89.4 Å². The molecule has 0 aromatic heterocycles. The van der Waals surface area contributed by atoms with Gasteiger partial charge >= 0.3 is 0 Å². The molecule has 0 amide bonds. The Morgan fingerprint density at radius 2 is 1.84 bits per heavy atom. The van der Waals surface area contributed by atoms with Crippen LogP contribution in [0.15, 0.2) is 61.3 Å². The van der Waals surface area contributed by atoms with Crippen molar-refractivity contribution in [2.75, 3.05) is 25.9 Å². The maximum Gasteiger partial charge on any atom is 0.123 e. The fourth-order valence-corrected chi connectivity index (χ4v) is 3.13. The quantitative estimate of drug-likeness (QED) is 0.204. The molecule has 0 saturated carbocycles. The van der Waals surface area contributed by atoms with Crippen LogP contribution in [0.4, 0.5) is 10.1 Å². The van der Waals surface area contributed by atoms with E-state index in [4.69, 9.17) is 11.1 Å². The molecular weight excluding hydrogens is 399 g/mol. The fourth-order valence-electron chi connectivity index (χ4n) is 3.13. The van der Waals surface area contributed by atoms with Crippen molar-refractivity contribution >= 4 is 23.6 Å². The maximum atomic E-state index is 12.9. The number of allylic oxidation sites excluding steroid dienone is 1. The number of likely N-dealkylation sites (N-methyl/N-ethyl adjacent to an activating group) is 1.